The average Bonchev–Trinajstić information content (AvgIpc) is 3.13. The van der Waals surface area contributed by atoms with Gasteiger partial charge in [-0.25, -0.2) is 0 Å². The van der Waals surface area contributed by atoms with Crippen molar-refractivity contribution in [3.8, 4) is 28.6 Å². The van der Waals surface area contributed by atoms with Gasteiger partial charge in [0.15, 0.2) is 17.6 Å². The highest BCUT2D eigenvalue weighted by atomic mass is 79.9. The molecular weight excluding hydrogens is 388 g/mol. The van der Waals surface area contributed by atoms with E-state index in [2.05, 4.69) is 26.1 Å². The monoisotopic (exact) mass is 404 g/mol. The molecule has 3 rings (SSSR count). The van der Waals surface area contributed by atoms with Crippen LogP contribution in [0.1, 0.15) is 18.9 Å². The van der Waals surface area contributed by atoms with E-state index in [-0.39, 0.29) is 6.10 Å². The SMILES string of the molecule is COc1ccc(-c2noc([C@@H](C)Oc3ccc(Br)cc3)n2)cc1OC. The van der Waals surface area contributed by atoms with E-state index in [1.54, 1.807) is 26.4 Å². The van der Waals surface area contributed by atoms with Crippen LogP contribution < -0.4 is 14.2 Å². The summed E-state index contributed by atoms with van der Waals surface area (Å²) in [6.07, 6.45) is -0.373. The highest BCUT2D eigenvalue weighted by Crippen LogP contribution is 2.32. The highest BCUT2D eigenvalue weighted by molar-refractivity contribution is 9.10. The van der Waals surface area contributed by atoms with Crippen molar-refractivity contribution >= 4 is 15.9 Å². The van der Waals surface area contributed by atoms with Crippen molar-refractivity contribution in [1.29, 1.82) is 0 Å². The van der Waals surface area contributed by atoms with Gasteiger partial charge in [-0.05, 0) is 49.4 Å². The summed E-state index contributed by atoms with van der Waals surface area (Å²) >= 11 is 3.39. The fourth-order valence-corrected chi connectivity index (χ4v) is 2.52. The molecule has 0 fully saturated rings. The smallest absolute Gasteiger partial charge is 0.267 e. The van der Waals surface area contributed by atoms with Crippen LogP contribution in [0.5, 0.6) is 17.2 Å². The molecule has 0 spiro atoms. The second-order valence-corrected chi connectivity index (χ2v) is 6.16. The molecule has 7 heteroatoms. The second kappa shape index (κ2) is 7.57. The lowest BCUT2D eigenvalue weighted by molar-refractivity contribution is 0.176. The topological polar surface area (TPSA) is 66.6 Å². The van der Waals surface area contributed by atoms with Gasteiger partial charge in [-0.1, -0.05) is 21.1 Å². The molecule has 0 amide bonds. The maximum Gasteiger partial charge on any atom is 0.267 e. The molecule has 0 aliphatic carbocycles. The minimum absolute atomic E-state index is 0.373. The minimum Gasteiger partial charge on any atom is -0.493 e. The lowest BCUT2D eigenvalue weighted by Crippen LogP contribution is -2.03. The molecule has 0 saturated heterocycles. The third-order valence-electron chi connectivity index (χ3n) is 3.56. The Bertz CT molecular complexity index is 849. The maximum atomic E-state index is 5.82. The summed E-state index contributed by atoms with van der Waals surface area (Å²) < 4.78 is 22.7. The zero-order chi connectivity index (χ0) is 17.8. The first-order chi connectivity index (χ1) is 12.1. The van der Waals surface area contributed by atoms with Crippen molar-refractivity contribution in [2.24, 2.45) is 0 Å². The Labute approximate surface area is 153 Å². The second-order valence-electron chi connectivity index (χ2n) is 5.24. The number of methoxy groups -OCH3 is 2. The van der Waals surface area contributed by atoms with Crippen molar-refractivity contribution in [3.63, 3.8) is 0 Å². The van der Waals surface area contributed by atoms with Crippen LogP contribution in [0, 0.1) is 0 Å². The van der Waals surface area contributed by atoms with Crippen LogP contribution in [-0.2, 0) is 0 Å². The van der Waals surface area contributed by atoms with Gasteiger partial charge in [0.1, 0.15) is 5.75 Å². The molecule has 0 saturated carbocycles. The van der Waals surface area contributed by atoms with Gasteiger partial charge < -0.3 is 18.7 Å². The molecule has 0 aliphatic rings. The molecule has 1 aromatic heterocycles. The van der Waals surface area contributed by atoms with E-state index in [1.807, 2.05) is 37.3 Å². The normalized spacial score (nSPS) is 11.8. The molecule has 6 nitrogen and oxygen atoms in total. The number of nitrogens with zero attached hydrogens (tertiary/aromatic N) is 2. The van der Waals surface area contributed by atoms with Crippen molar-refractivity contribution in [2.45, 2.75) is 13.0 Å². The molecule has 25 heavy (non-hydrogen) atoms. The molecule has 1 heterocycles. The Morgan fingerprint density at radius 1 is 1.00 bits per heavy atom. The fourth-order valence-electron chi connectivity index (χ4n) is 2.26. The lowest BCUT2D eigenvalue weighted by Gasteiger charge is -2.10. The molecular formula is C18H17BrN2O4. The maximum absolute atomic E-state index is 5.82. The van der Waals surface area contributed by atoms with Gasteiger partial charge in [-0.15, -0.1) is 0 Å². The Kier molecular flexibility index (Phi) is 5.23. The third kappa shape index (κ3) is 3.93. The standard InChI is InChI=1S/C18H17BrN2O4/c1-11(24-14-7-5-13(19)6-8-14)18-20-17(21-25-18)12-4-9-15(22-2)16(10-12)23-3/h4-11H,1-3H3/t11-/m1/s1. The number of halogens is 1. The largest absolute Gasteiger partial charge is 0.493 e. The summed E-state index contributed by atoms with van der Waals surface area (Å²) in [5, 5.41) is 4.02. The first-order valence-electron chi connectivity index (χ1n) is 7.59. The van der Waals surface area contributed by atoms with Crippen molar-refractivity contribution in [2.75, 3.05) is 14.2 Å². The number of ether oxygens (including phenoxy) is 3. The summed E-state index contributed by atoms with van der Waals surface area (Å²) in [6.45, 7) is 1.86. The van der Waals surface area contributed by atoms with Crippen LogP contribution in [0.25, 0.3) is 11.4 Å². The number of hydrogen-bond acceptors (Lipinski definition) is 6. The van der Waals surface area contributed by atoms with E-state index in [0.717, 1.165) is 15.8 Å². The van der Waals surface area contributed by atoms with Crippen molar-refractivity contribution < 1.29 is 18.7 Å². The van der Waals surface area contributed by atoms with Gasteiger partial charge in [0, 0.05) is 10.0 Å². The molecule has 0 aliphatic heterocycles. The molecule has 1 atom stereocenters. The summed E-state index contributed by atoms with van der Waals surface area (Å²) in [6, 6.07) is 13.0. The van der Waals surface area contributed by atoms with Gasteiger partial charge in [0.25, 0.3) is 5.89 Å². The predicted octanol–water partition coefficient (Wildman–Crippen LogP) is 4.66. The van der Waals surface area contributed by atoms with Gasteiger partial charge in [0.2, 0.25) is 5.82 Å². The number of hydrogen-bond donors (Lipinski definition) is 0. The van der Waals surface area contributed by atoms with Gasteiger partial charge in [0.05, 0.1) is 14.2 Å². The van der Waals surface area contributed by atoms with Crippen LogP contribution >= 0.6 is 15.9 Å². The predicted molar refractivity (Wildman–Crippen MR) is 96.0 cm³/mol. The lowest BCUT2D eigenvalue weighted by atomic mass is 10.2. The molecule has 0 radical (unpaired) electrons. The van der Waals surface area contributed by atoms with E-state index < -0.39 is 0 Å². The summed E-state index contributed by atoms with van der Waals surface area (Å²) in [4.78, 5) is 4.42. The minimum atomic E-state index is -0.373. The molecule has 0 N–H and O–H groups in total. The van der Waals surface area contributed by atoms with Gasteiger partial charge in [-0.2, -0.15) is 4.98 Å². The average molecular weight is 405 g/mol. The van der Waals surface area contributed by atoms with Crippen molar-refractivity contribution in [1.82, 2.24) is 10.1 Å². The molecule has 130 valence electrons. The molecule has 0 unspecified atom stereocenters. The Morgan fingerprint density at radius 3 is 2.40 bits per heavy atom. The Hall–Kier alpha value is -2.54. The summed E-state index contributed by atoms with van der Waals surface area (Å²) in [5.41, 5.74) is 0.767. The van der Waals surface area contributed by atoms with E-state index in [0.29, 0.717) is 23.2 Å². The number of benzene rings is 2. The van der Waals surface area contributed by atoms with Gasteiger partial charge >= 0.3 is 0 Å². The van der Waals surface area contributed by atoms with Crippen LogP contribution in [0.2, 0.25) is 0 Å². The number of aromatic nitrogens is 2. The quantitative estimate of drug-likeness (QED) is 0.595. The van der Waals surface area contributed by atoms with Crippen LogP contribution in [0.4, 0.5) is 0 Å². The van der Waals surface area contributed by atoms with Crippen LogP contribution in [0.15, 0.2) is 51.5 Å². The molecule has 2 aromatic carbocycles. The molecule has 0 bridgehead atoms. The van der Waals surface area contributed by atoms with E-state index in [1.165, 1.54) is 0 Å². The third-order valence-corrected chi connectivity index (χ3v) is 4.09. The Morgan fingerprint density at radius 2 is 1.72 bits per heavy atom. The zero-order valence-electron chi connectivity index (χ0n) is 14.0. The van der Waals surface area contributed by atoms with Crippen LogP contribution in [-0.4, -0.2) is 24.4 Å². The van der Waals surface area contributed by atoms with E-state index >= 15 is 0 Å². The Balaban J connectivity index is 1.78. The van der Waals surface area contributed by atoms with Crippen LogP contribution in [0.3, 0.4) is 0 Å². The van der Waals surface area contributed by atoms with E-state index in [4.69, 9.17) is 18.7 Å². The highest BCUT2D eigenvalue weighted by Gasteiger charge is 2.18. The number of rotatable bonds is 6. The first-order valence-corrected chi connectivity index (χ1v) is 8.38. The van der Waals surface area contributed by atoms with Gasteiger partial charge in [-0.3, -0.25) is 0 Å². The molecule has 3 aromatic rings. The van der Waals surface area contributed by atoms with E-state index in [9.17, 15) is 0 Å². The van der Waals surface area contributed by atoms with Crippen molar-refractivity contribution in [3.05, 3.63) is 52.8 Å². The zero-order valence-corrected chi connectivity index (χ0v) is 15.6. The fraction of sp³-hybridized carbons (Fsp3) is 0.222. The first kappa shape index (κ1) is 17.3. The summed E-state index contributed by atoms with van der Waals surface area (Å²) in [5.74, 6) is 2.82. The summed E-state index contributed by atoms with van der Waals surface area (Å²) in [7, 11) is 3.17.